The lowest BCUT2D eigenvalue weighted by molar-refractivity contribution is -0.137. The van der Waals surface area contributed by atoms with Crippen molar-refractivity contribution in [2.45, 2.75) is 17.1 Å². The van der Waals surface area contributed by atoms with E-state index in [4.69, 9.17) is 0 Å². The lowest BCUT2D eigenvalue weighted by Gasteiger charge is -2.08. The van der Waals surface area contributed by atoms with E-state index in [0.29, 0.717) is 0 Å². The lowest BCUT2D eigenvalue weighted by Crippen LogP contribution is -2.11. The van der Waals surface area contributed by atoms with Gasteiger partial charge in [-0.3, -0.25) is 0 Å². The Kier molecular flexibility index (Phi) is 3.55. The molecule has 0 unspecified atom stereocenters. The van der Waals surface area contributed by atoms with Crippen molar-refractivity contribution in [3.63, 3.8) is 0 Å². The van der Waals surface area contributed by atoms with Crippen molar-refractivity contribution in [1.29, 1.82) is 0 Å². The normalized spacial score (nSPS) is 12.6. The molecule has 0 radical (unpaired) electrons. The zero-order valence-corrected chi connectivity index (χ0v) is 11.1. The van der Waals surface area contributed by atoms with Gasteiger partial charge in [-0.15, -0.1) is 10.2 Å². The summed E-state index contributed by atoms with van der Waals surface area (Å²) in [6, 6.07) is 3.97. The molecule has 2 aromatic rings. The summed E-state index contributed by atoms with van der Waals surface area (Å²) in [5, 5.41) is 6.72. The summed E-state index contributed by atoms with van der Waals surface area (Å²) in [6.45, 7) is 0. The largest absolute Gasteiger partial charge is 0.416 e. The first-order valence-corrected chi connectivity index (χ1v) is 7.08. The highest BCUT2D eigenvalue weighted by molar-refractivity contribution is 7.90. The van der Waals surface area contributed by atoms with Gasteiger partial charge in [0.25, 0.3) is 0 Å². The number of hydrogen-bond acceptors (Lipinski definition) is 4. The molecule has 108 valence electrons. The van der Waals surface area contributed by atoms with Gasteiger partial charge in [0.15, 0.2) is 0 Å². The summed E-state index contributed by atoms with van der Waals surface area (Å²) in [7, 11) is -2.27. The average Bonchev–Trinajstić information content (AvgIpc) is 2.75. The Bertz CT molecular complexity index is 705. The van der Waals surface area contributed by atoms with Crippen LogP contribution in [0.1, 0.15) is 11.1 Å². The molecule has 0 amide bonds. The second-order valence-electron chi connectivity index (χ2n) is 4.18. The second-order valence-corrected chi connectivity index (χ2v) is 6.06. The van der Waals surface area contributed by atoms with Crippen LogP contribution in [0.2, 0.25) is 0 Å². The van der Waals surface area contributed by atoms with Crippen LogP contribution in [0.4, 0.5) is 13.2 Å². The van der Waals surface area contributed by atoms with Crippen molar-refractivity contribution >= 4 is 9.84 Å². The quantitative estimate of drug-likeness (QED) is 0.867. The minimum atomic E-state index is -4.44. The fourth-order valence-corrected chi connectivity index (χ4v) is 3.05. The van der Waals surface area contributed by atoms with E-state index in [2.05, 4.69) is 10.2 Å². The molecule has 0 spiro atoms. The number of aromatic nitrogens is 3. The third-order valence-corrected chi connectivity index (χ3v) is 4.23. The van der Waals surface area contributed by atoms with E-state index in [0.717, 1.165) is 24.3 Å². The summed E-state index contributed by atoms with van der Waals surface area (Å²) >= 11 is 0. The van der Waals surface area contributed by atoms with E-state index >= 15 is 0 Å². The molecule has 20 heavy (non-hydrogen) atoms. The first kappa shape index (κ1) is 14.5. The number of sulfone groups is 1. The van der Waals surface area contributed by atoms with Crippen LogP contribution in [0.15, 0.2) is 35.7 Å². The van der Waals surface area contributed by atoms with E-state index in [1.165, 1.54) is 17.9 Å². The van der Waals surface area contributed by atoms with Crippen LogP contribution < -0.4 is 0 Å². The molecule has 0 saturated heterocycles. The molecule has 2 rings (SSSR count). The molecule has 0 aliphatic carbocycles. The van der Waals surface area contributed by atoms with E-state index in [1.807, 2.05) is 0 Å². The van der Waals surface area contributed by atoms with Crippen molar-refractivity contribution in [3.8, 4) is 0 Å². The zero-order valence-electron chi connectivity index (χ0n) is 10.3. The Morgan fingerprint density at radius 2 is 1.80 bits per heavy atom. The molecule has 9 heteroatoms. The summed E-state index contributed by atoms with van der Waals surface area (Å²) in [4.78, 5) is 0. The highest BCUT2D eigenvalue weighted by atomic mass is 32.2. The van der Waals surface area contributed by atoms with E-state index in [1.54, 1.807) is 0 Å². The molecular weight excluding hydrogens is 295 g/mol. The van der Waals surface area contributed by atoms with Gasteiger partial charge in [-0.25, -0.2) is 8.42 Å². The molecule has 1 aromatic carbocycles. The fourth-order valence-electron chi connectivity index (χ4n) is 1.63. The van der Waals surface area contributed by atoms with Crippen molar-refractivity contribution in [2.75, 3.05) is 0 Å². The number of hydrogen-bond donors (Lipinski definition) is 0. The third-order valence-electron chi connectivity index (χ3n) is 2.59. The van der Waals surface area contributed by atoms with Gasteiger partial charge in [-0.1, -0.05) is 12.1 Å². The van der Waals surface area contributed by atoms with Gasteiger partial charge in [0.2, 0.25) is 15.0 Å². The van der Waals surface area contributed by atoms with Gasteiger partial charge < -0.3 is 4.57 Å². The van der Waals surface area contributed by atoms with E-state index in [9.17, 15) is 21.6 Å². The predicted molar refractivity (Wildman–Crippen MR) is 63.3 cm³/mol. The summed E-state index contributed by atoms with van der Waals surface area (Å²) in [5.74, 6) is -0.433. The number of aryl methyl sites for hydroxylation is 1. The fraction of sp³-hybridized carbons (Fsp3) is 0.273. The first-order chi connectivity index (χ1) is 9.20. The molecule has 0 fully saturated rings. The van der Waals surface area contributed by atoms with Gasteiger partial charge >= 0.3 is 6.18 Å². The molecule has 0 aliphatic rings. The van der Waals surface area contributed by atoms with Crippen molar-refractivity contribution in [3.05, 3.63) is 41.7 Å². The number of alkyl halides is 3. The summed E-state index contributed by atoms with van der Waals surface area (Å²) in [6.07, 6.45) is -3.21. The van der Waals surface area contributed by atoms with Gasteiger partial charge in [0, 0.05) is 7.05 Å². The standard InChI is InChI=1S/C11H10F3N3O2S/c1-17-7-15-16-10(17)20(18,19)6-8-2-4-9(5-3-8)11(12,13)14/h2-5,7H,6H2,1H3. The average molecular weight is 305 g/mol. The summed E-state index contributed by atoms with van der Waals surface area (Å²) in [5.41, 5.74) is -0.571. The highest BCUT2D eigenvalue weighted by Gasteiger charge is 2.30. The zero-order chi connectivity index (χ0) is 15.0. The Morgan fingerprint density at radius 3 is 2.25 bits per heavy atom. The van der Waals surface area contributed by atoms with Crippen LogP contribution in [-0.4, -0.2) is 23.2 Å². The maximum absolute atomic E-state index is 12.4. The highest BCUT2D eigenvalue weighted by Crippen LogP contribution is 2.29. The number of benzene rings is 1. The Balaban J connectivity index is 2.25. The van der Waals surface area contributed by atoms with Gasteiger partial charge in [0.05, 0.1) is 11.3 Å². The van der Waals surface area contributed by atoms with Gasteiger partial charge in [-0.05, 0) is 17.7 Å². The van der Waals surface area contributed by atoms with E-state index < -0.39 is 27.3 Å². The maximum atomic E-state index is 12.4. The summed E-state index contributed by atoms with van der Waals surface area (Å²) < 4.78 is 62.5. The topological polar surface area (TPSA) is 64.8 Å². The number of rotatable bonds is 3. The molecule has 5 nitrogen and oxygen atoms in total. The lowest BCUT2D eigenvalue weighted by atomic mass is 10.1. The molecule has 1 heterocycles. The number of nitrogens with zero attached hydrogens (tertiary/aromatic N) is 3. The van der Waals surface area contributed by atoms with Gasteiger partial charge in [0.1, 0.15) is 6.33 Å². The smallest absolute Gasteiger partial charge is 0.308 e. The van der Waals surface area contributed by atoms with Gasteiger partial charge in [-0.2, -0.15) is 13.2 Å². The minimum absolute atomic E-state index is 0.225. The second kappa shape index (κ2) is 4.89. The minimum Gasteiger partial charge on any atom is -0.308 e. The monoisotopic (exact) mass is 305 g/mol. The molecule has 0 N–H and O–H groups in total. The Labute approximate surface area is 113 Å². The molecule has 1 aromatic heterocycles. The molecule has 0 saturated carbocycles. The van der Waals surface area contributed by atoms with Crippen LogP contribution in [0.25, 0.3) is 0 Å². The van der Waals surface area contributed by atoms with Crippen LogP contribution in [-0.2, 0) is 28.8 Å². The van der Waals surface area contributed by atoms with E-state index in [-0.39, 0.29) is 10.7 Å². The van der Waals surface area contributed by atoms with Crippen molar-refractivity contribution in [1.82, 2.24) is 14.8 Å². The molecule has 0 atom stereocenters. The van der Waals surface area contributed by atoms with Crippen LogP contribution in [0.5, 0.6) is 0 Å². The molecular formula is C11H10F3N3O2S. The van der Waals surface area contributed by atoms with Crippen LogP contribution in [0, 0.1) is 0 Å². The van der Waals surface area contributed by atoms with Crippen LogP contribution in [0.3, 0.4) is 0 Å². The first-order valence-electron chi connectivity index (χ1n) is 5.43. The van der Waals surface area contributed by atoms with Crippen molar-refractivity contribution < 1.29 is 21.6 Å². The molecule has 0 bridgehead atoms. The SMILES string of the molecule is Cn1cnnc1S(=O)(=O)Cc1ccc(C(F)(F)F)cc1. The molecule has 0 aliphatic heterocycles. The van der Waals surface area contributed by atoms with Crippen LogP contribution >= 0.6 is 0 Å². The number of halogens is 3. The Morgan fingerprint density at radius 1 is 1.20 bits per heavy atom. The van der Waals surface area contributed by atoms with Crippen molar-refractivity contribution in [2.24, 2.45) is 7.05 Å². The third kappa shape index (κ3) is 2.98. The Hall–Kier alpha value is -1.90. The predicted octanol–water partition coefficient (Wildman–Crippen LogP) is 1.81. The maximum Gasteiger partial charge on any atom is 0.416 e.